The first-order valence-electron chi connectivity index (χ1n) is 3.60. The maximum absolute atomic E-state index is 8.61. The first-order valence-corrected chi connectivity index (χ1v) is 3.60. The first-order chi connectivity index (χ1) is 4.72. The van der Waals surface area contributed by atoms with Crippen molar-refractivity contribution in [2.45, 2.75) is 25.9 Å². The predicted octanol–water partition coefficient (Wildman–Crippen LogP) is -0.0247. The van der Waals surface area contributed by atoms with Crippen molar-refractivity contribution in [3.8, 4) is 0 Å². The molecule has 0 saturated carbocycles. The summed E-state index contributed by atoms with van der Waals surface area (Å²) in [6.07, 6.45) is 1.14. The second-order valence-corrected chi connectivity index (χ2v) is 2.13. The summed E-state index contributed by atoms with van der Waals surface area (Å²) in [4.78, 5) is 0. The normalized spacial score (nSPS) is 11.7. The van der Waals surface area contributed by atoms with Crippen LogP contribution in [0.4, 0.5) is 0 Å². The molecule has 0 radical (unpaired) electrons. The lowest BCUT2D eigenvalue weighted by Crippen LogP contribution is -2.10. The molecule has 0 fully saturated rings. The monoisotopic (exact) mass is 149 g/mol. The van der Waals surface area contributed by atoms with Gasteiger partial charge in [-0.1, -0.05) is 13.3 Å². The molecule has 0 rings (SSSR count). The molecule has 0 aliphatic carbocycles. The van der Waals surface area contributed by atoms with Crippen LogP contribution < -0.4 is 5.32 Å². The van der Waals surface area contributed by atoms with Crippen LogP contribution in [0, 0.1) is 0 Å². The second-order valence-electron chi connectivity index (χ2n) is 2.13. The molecule has 0 saturated heterocycles. The van der Waals surface area contributed by atoms with E-state index >= 15 is 0 Å². The lowest BCUT2D eigenvalue weighted by molar-refractivity contribution is 0.0877. The van der Waals surface area contributed by atoms with E-state index in [9.17, 15) is 0 Å². The zero-order valence-corrected chi connectivity index (χ0v) is 7.09. The fourth-order valence-corrected chi connectivity index (χ4v) is 0.425. The van der Waals surface area contributed by atoms with E-state index in [4.69, 9.17) is 10.2 Å². The van der Waals surface area contributed by atoms with E-state index in [1.165, 1.54) is 0 Å². The second kappa shape index (κ2) is 11.6. The molecule has 0 aromatic rings. The van der Waals surface area contributed by atoms with Crippen LogP contribution in [-0.2, 0) is 0 Å². The molecule has 3 heteroatoms. The lowest BCUT2D eigenvalue weighted by atomic mass is 10.2. The van der Waals surface area contributed by atoms with E-state index in [1.807, 2.05) is 21.0 Å². The van der Waals surface area contributed by atoms with Crippen molar-refractivity contribution >= 4 is 0 Å². The summed E-state index contributed by atoms with van der Waals surface area (Å²) < 4.78 is 0. The average molecular weight is 149 g/mol. The number of hydrogen-bond donors (Lipinski definition) is 3. The molecule has 3 N–H and O–H groups in total. The van der Waals surface area contributed by atoms with Gasteiger partial charge in [-0.25, -0.2) is 0 Å². The van der Waals surface area contributed by atoms with E-state index in [2.05, 4.69) is 5.32 Å². The molecule has 10 heavy (non-hydrogen) atoms. The van der Waals surface area contributed by atoms with E-state index < -0.39 is 6.10 Å². The van der Waals surface area contributed by atoms with E-state index in [0.29, 0.717) is 6.42 Å². The molecule has 0 aromatic heterocycles. The third-order valence-corrected chi connectivity index (χ3v) is 0.833. The highest BCUT2D eigenvalue weighted by molar-refractivity contribution is 4.48. The minimum Gasteiger partial charge on any atom is -0.394 e. The molecule has 0 aromatic carbocycles. The molecule has 0 spiro atoms. The van der Waals surface area contributed by atoms with Crippen molar-refractivity contribution in [3.63, 3.8) is 0 Å². The van der Waals surface area contributed by atoms with Crippen molar-refractivity contribution in [2.75, 3.05) is 20.7 Å². The van der Waals surface area contributed by atoms with Gasteiger partial charge in [-0.3, -0.25) is 0 Å². The zero-order valence-electron chi connectivity index (χ0n) is 7.09. The molecule has 0 amide bonds. The maximum Gasteiger partial charge on any atom is 0.0770 e. The van der Waals surface area contributed by atoms with Gasteiger partial charge in [0.2, 0.25) is 0 Å². The van der Waals surface area contributed by atoms with Gasteiger partial charge in [0.05, 0.1) is 12.7 Å². The SMILES string of the molecule is CCCC(O)CO.CNC. The number of aliphatic hydroxyl groups excluding tert-OH is 2. The number of nitrogens with one attached hydrogen (secondary N) is 1. The largest absolute Gasteiger partial charge is 0.394 e. The van der Waals surface area contributed by atoms with Crippen LogP contribution in [0.3, 0.4) is 0 Å². The molecule has 0 heterocycles. The standard InChI is InChI=1S/C5H12O2.C2H7N/c1-2-3-5(7)4-6;1-3-2/h5-7H,2-4H2,1H3;3H,1-2H3. The quantitative estimate of drug-likeness (QED) is 0.528. The number of hydrogen-bond acceptors (Lipinski definition) is 3. The summed E-state index contributed by atoms with van der Waals surface area (Å²) >= 11 is 0. The smallest absolute Gasteiger partial charge is 0.0770 e. The maximum atomic E-state index is 8.61. The van der Waals surface area contributed by atoms with Crippen LogP contribution in [-0.4, -0.2) is 37.0 Å². The Morgan fingerprint density at radius 3 is 1.90 bits per heavy atom. The first kappa shape index (κ1) is 12.5. The van der Waals surface area contributed by atoms with Gasteiger partial charge in [-0.2, -0.15) is 0 Å². The molecule has 0 bridgehead atoms. The predicted molar refractivity (Wildman–Crippen MR) is 43.0 cm³/mol. The number of aliphatic hydroxyl groups is 2. The number of rotatable bonds is 3. The Balaban J connectivity index is 0. The Bertz CT molecular complexity index is 50.9. The highest BCUT2D eigenvalue weighted by Gasteiger charge is 1.95. The van der Waals surface area contributed by atoms with Gasteiger partial charge in [0.25, 0.3) is 0 Å². The molecular formula is C7H19NO2. The van der Waals surface area contributed by atoms with Gasteiger partial charge < -0.3 is 15.5 Å². The van der Waals surface area contributed by atoms with Crippen LogP contribution in [0.25, 0.3) is 0 Å². The van der Waals surface area contributed by atoms with Crippen molar-refractivity contribution in [2.24, 2.45) is 0 Å². The van der Waals surface area contributed by atoms with E-state index in [-0.39, 0.29) is 6.61 Å². The third kappa shape index (κ3) is 15.7. The van der Waals surface area contributed by atoms with Gasteiger partial charge in [0.15, 0.2) is 0 Å². The zero-order chi connectivity index (χ0) is 8.41. The van der Waals surface area contributed by atoms with Crippen molar-refractivity contribution in [3.05, 3.63) is 0 Å². The van der Waals surface area contributed by atoms with Gasteiger partial charge >= 0.3 is 0 Å². The van der Waals surface area contributed by atoms with Crippen LogP contribution in [0.1, 0.15) is 19.8 Å². The topological polar surface area (TPSA) is 52.5 Å². The Labute approximate surface area is 63.1 Å². The summed E-state index contributed by atoms with van der Waals surface area (Å²) in [6.45, 7) is 1.87. The van der Waals surface area contributed by atoms with Gasteiger partial charge in [-0.05, 0) is 20.5 Å². The van der Waals surface area contributed by atoms with Crippen LogP contribution in [0.5, 0.6) is 0 Å². The fraction of sp³-hybridized carbons (Fsp3) is 1.00. The highest BCUT2D eigenvalue weighted by Crippen LogP contribution is 1.92. The third-order valence-electron chi connectivity index (χ3n) is 0.833. The van der Waals surface area contributed by atoms with Crippen molar-refractivity contribution in [1.82, 2.24) is 5.32 Å². The average Bonchev–Trinajstić information content (AvgIpc) is 1.90. The molecule has 3 nitrogen and oxygen atoms in total. The van der Waals surface area contributed by atoms with Gasteiger partial charge in [-0.15, -0.1) is 0 Å². The van der Waals surface area contributed by atoms with Gasteiger partial charge in [0, 0.05) is 0 Å². The molecule has 0 aliphatic rings. The van der Waals surface area contributed by atoms with Crippen LogP contribution >= 0.6 is 0 Å². The summed E-state index contributed by atoms with van der Waals surface area (Å²) in [5.41, 5.74) is 0. The summed E-state index contributed by atoms with van der Waals surface area (Å²) in [7, 11) is 3.75. The Kier molecular flexibility index (Phi) is 14.6. The van der Waals surface area contributed by atoms with Crippen molar-refractivity contribution < 1.29 is 10.2 Å². The van der Waals surface area contributed by atoms with Crippen LogP contribution in [0.15, 0.2) is 0 Å². The molecular weight excluding hydrogens is 130 g/mol. The summed E-state index contributed by atoms with van der Waals surface area (Å²) in [5, 5.41) is 19.6. The Morgan fingerprint density at radius 1 is 1.40 bits per heavy atom. The van der Waals surface area contributed by atoms with Crippen LogP contribution in [0.2, 0.25) is 0 Å². The van der Waals surface area contributed by atoms with Gasteiger partial charge in [0.1, 0.15) is 0 Å². The summed E-state index contributed by atoms with van der Waals surface area (Å²) in [6, 6.07) is 0. The molecule has 0 aliphatic heterocycles. The molecule has 1 unspecified atom stereocenters. The minimum absolute atomic E-state index is 0.103. The molecule has 64 valence electrons. The minimum atomic E-state index is -0.495. The summed E-state index contributed by atoms with van der Waals surface area (Å²) in [5.74, 6) is 0. The highest BCUT2D eigenvalue weighted by atomic mass is 16.3. The fourth-order valence-electron chi connectivity index (χ4n) is 0.425. The Morgan fingerprint density at radius 2 is 1.80 bits per heavy atom. The van der Waals surface area contributed by atoms with E-state index in [1.54, 1.807) is 0 Å². The molecule has 1 atom stereocenters. The lowest BCUT2D eigenvalue weighted by Gasteiger charge is -2.01. The van der Waals surface area contributed by atoms with Crippen molar-refractivity contribution in [1.29, 1.82) is 0 Å². The van der Waals surface area contributed by atoms with E-state index in [0.717, 1.165) is 6.42 Å². The Hall–Kier alpha value is -0.120.